The lowest BCUT2D eigenvalue weighted by atomic mass is 10.2. The smallest absolute Gasteiger partial charge is 0.416 e. The van der Waals surface area contributed by atoms with E-state index in [2.05, 4.69) is 10.1 Å². The van der Waals surface area contributed by atoms with E-state index in [0.717, 1.165) is 17.0 Å². The van der Waals surface area contributed by atoms with Gasteiger partial charge in [-0.1, -0.05) is 0 Å². The third-order valence-corrected chi connectivity index (χ3v) is 5.00. The Morgan fingerprint density at radius 1 is 1.09 bits per heavy atom. The van der Waals surface area contributed by atoms with Crippen LogP contribution >= 0.6 is 0 Å². The number of rotatable bonds is 7. The van der Waals surface area contributed by atoms with Crippen molar-refractivity contribution in [3.05, 3.63) is 48.0 Å². The second-order valence-electron chi connectivity index (χ2n) is 7.13. The molecule has 1 atom stereocenters. The number of hydrogen-bond acceptors (Lipinski definition) is 6. The maximum Gasteiger partial charge on any atom is 0.416 e. The van der Waals surface area contributed by atoms with Crippen molar-refractivity contribution in [1.29, 1.82) is 0 Å². The topological polar surface area (TPSA) is 94.2 Å². The molecule has 1 saturated heterocycles. The highest BCUT2D eigenvalue weighted by Crippen LogP contribution is 2.34. The first-order valence-corrected chi connectivity index (χ1v) is 9.82. The summed E-state index contributed by atoms with van der Waals surface area (Å²) in [6.45, 7) is -0.346. The minimum Gasteiger partial charge on any atom is -0.495 e. The second kappa shape index (κ2) is 9.80. The van der Waals surface area contributed by atoms with Crippen LogP contribution in [0.2, 0.25) is 0 Å². The summed E-state index contributed by atoms with van der Waals surface area (Å²) in [4.78, 5) is 37.7. The lowest BCUT2D eigenvalue weighted by Crippen LogP contribution is -2.44. The summed E-state index contributed by atoms with van der Waals surface area (Å²) < 4.78 is 53.6. The minimum absolute atomic E-state index is 0.114. The molecule has 0 aromatic heterocycles. The Balaban J connectivity index is 1.76. The third-order valence-electron chi connectivity index (χ3n) is 5.00. The fourth-order valence-corrected chi connectivity index (χ4v) is 3.32. The lowest BCUT2D eigenvalue weighted by Gasteiger charge is -2.23. The molecule has 176 valence electrons. The first-order valence-electron chi connectivity index (χ1n) is 9.82. The predicted octanol–water partition coefficient (Wildman–Crippen LogP) is 3.61. The molecule has 1 aliphatic rings. The van der Waals surface area contributed by atoms with E-state index >= 15 is 0 Å². The molecule has 3 rings (SSSR count). The molecule has 0 spiro atoms. The number of anilines is 1. The van der Waals surface area contributed by atoms with Gasteiger partial charge in [0.15, 0.2) is 0 Å². The summed E-state index contributed by atoms with van der Waals surface area (Å²) in [5.74, 6) is -0.822. The Hall–Kier alpha value is -3.76. The molecule has 2 aromatic carbocycles. The van der Waals surface area contributed by atoms with E-state index in [1.54, 1.807) is 0 Å². The maximum absolute atomic E-state index is 12.8. The molecule has 0 aliphatic carbocycles. The molecule has 1 unspecified atom stereocenters. The van der Waals surface area contributed by atoms with Crippen molar-refractivity contribution in [1.82, 2.24) is 4.90 Å². The fraction of sp³-hybridized carbons (Fsp3) is 0.318. The van der Waals surface area contributed by atoms with Crippen molar-refractivity contribution in [2.24, 2.45) is 0 Å². The number of hydrogen-bond donors (Lipinski definition) is 1. The molecule has 1 fully saturated rings. The SMILES string of the molecule is COC(=O)CN1C(=O)CCC1C(=O)Nc1cc(Oc2ccc(C(F)(F)F)cc2)ccc1OC. The molecule has 0 radical (unpaired) electrons. The number of esters is 1. The first kappa shape index (κ1) is 23.9. The van der Waals surface area contributed by atoms with Crippen molar-refractivity contribution in [2.45, 2.75) is 25.1 Å². The van der Waals surface area contributed by atoms with Crippen molar-refractivity contribution in [3.8, 4) is 17.2 Å². The molecule has 1 heterocycles. The zero-order chi connectivity index (χ0) is 24.2. The Morgan fingerprint density at radius 2 is 1.76 bits per heavy atom. The van der Waals surface area contributed by atoms with Gasteiger partial charge in [-0.2, -0.15) is 13.2 Å². The van der Waals surface area contributed by atoms with Crippen LogP contribution in [0.15, 0.2) is 42.5 Å². The highest BCUT2D eigenvalue weighted by atomic mass is 19.4. The average molecular weight is 466 g/mol. The van der Waals surface area contributed by atoms with Gasteiger partial charge in [-0.3, -0.25) is 14.4 Å². The van der Waals surface area contributed by atoms with Gasteiger partial charge in [0.05, 0.1) is 25.5 Å². The van der Waals surface area contributed by atoms with Crippen LogP contribution in [0, 0.1) is 0 Å². The maximum atomic E-state index is 12.8. The van der Waals surface area contributed by atoms with E-state index < -0.39 is 29.7 Å². The number of halogens is 3. The summed E-state index contributed by atoms with van der Waals surface area (Å²) in [5.41, 5.74) is -0.579. The monoisotopic (exact) mass is 466 g/mol. The van der Waals surface area contributed by atoms with E-state index in [-0.39, 0.29) is 42.5 Å². The molecular weight excluding hydrogens is 445 g/mol. The van der Waals surface area contributed by atoms with Crippen molar-refractivity contribution in [3.63, 3.8) is 0 Å². The number of carbonyl (C=O) groups excluding carboxylic acids is 3. The summed E-state index contributed by atoms with van der Waals surface area (Å²) >= 11 is 0. The zero-order valence-electron chi connectivity index (χ0n) is 17.8. The van der Waals surface area contributed by atoms with Crippen LogP contribution < -0.4 is 14.8 Å². The number of methoxy groups -OCH3 is 2. The summed E-state index contributed by atoms with van der Waals surface area (Å²) in [7, 11) is 2.58. The van der Waals surface area contributed by atoms with E-state index in [1.807, 2.05) is 0 Å². The predicted molar refractivity (Wildman–Crippen MR) is 110 cm³/mol. The number of nitrogens with one attached hydrogen (secondary N) is 1. The van der Waals surface area contributed by atoms with Crippen molar-refractivity contribution >= 4 is 23.5 Å². The Bertz CT molecular complexity index is 1040. The molecule has 11 heteroatoms. The van der Waals surface area contributed by atoms with Crippen molar-refractivity contribution < 1.29 is 41.8 Å². The standard InChI is InChI=1S/C22H21F3N2O6/c1-31-18-9-7-15(33-14-5-3-13(4-6-14)22(23,24)25)11-16(18)26-21(30)17-8-10-19(28)27(17)12-20(29)32-2/h3-7,9,11,17H,8,10,12H2,1-2H3,(H,26,30). The number of likely N-dealkylation sites (tertiary alicyclic amines) is 1. The summed E-state index contributed by atoms with van der Waals surface area (Å²) in [5, 5.41) is 2.66. The van der Waals surface area contributed by atoms with Gasteiger partial charge < -0.3 is 24.4 Å². The van der Waals surface area contributed by atoms with E-state index in [0.29, 0.717) is 5.75 Å². The van der Waals surface area contributed by atoms with Crippen LogP contribution in [0.4, 0.5) is 18.9 Å². The number of amides is 2. The van der Waals surface area contributed by atoms with Crippen LogP contribution in [0.5, 0.6) is 17.2 Å². The second-order valence-corrected chi connectivity index (χ2v) is 7.13. The molecule has 2 amide bonds. The molecule has 8 nitrogen and oxygen atoms in total. The Morgan fingerprint density at radius 3 is 2.36 bits per heavy atom. The van der Waals surface area contributed by atoms with Crippen LogP contribution in [-0.4, -0.2) is 49.5 Å². The van der Waals surface area contributed by atoms with Crippen LogP contribution in [0.1, 0.15) is 18.4 Å². The van der Waals surface area contributed by atoms with Crippen LogP contribution in [0.3, 0.4) is 0 Å². The van der Waals surface area contributed by atoms with Gasteiger partial charge in [0, 0.05) is 12.5 Å². The number of nitrogens with zero attached hydrogens (tertiary/aromatic N) is 1. The average Bonchev–Trinajstić information content (AvgIpc) is 3.13. The molecule has 2 aromatic rings. The molecular formula is C22H21F3N2O6. The minimum atomic E-state index is -4.46. The first-order chi connectivity index (χ1) is 15.6. The molecule has 0 bridgehead atoms. The largest absolute Gasteiger partial charge is 0.495 e. The Labute approximate surface area is 187 Å². The number of benzene rings is 2. The van der Waals surface area contributed by atoms with E-state index in [1.165, 1.54) is 44.6 Å². The number of ether oxygens (including phenoxy) is 3. The summed E-state index contributed by atoms with van der Waals surface area (Å²) in [6.07, 6.45) is -4.12. The van der Waals surface area contributed by atoms with Gasteiger partial charge >= 0.3 is 12.1 Å². The lowest BCUT2D eigenvalue weighted by molar-refractivity contribution is -0.147. The number of carbonyl (C=O) groups is 3. The van der Waals surface area contributed by atoms with Crippen molar-refractivity contribution in [2.75, 3.05) is 26.1 Å². The van der Waals surface area contributed by atoms with Gasteiger partial charge in [0.25, 0.3) is 0 Å². The number of alkyl halides is 3. The zero-order valence-corrected chi connectivity index (χ0v) is 17.8. The van der Waals surface area contributed by atoms with Gasteiger partial charge in [-0.25, -0.2) is 0 Å². The third kappa shape index (κ3) is 5.73. The Kier molecular flexibility index (Phi) is 7.10. The quantitative estimate of drug-likeness (QED) is 0.627. The van der Waals surface area contributed by atoms with Gasteiger partial charge in [-0.15, -0.1) is 0 Å². The van der Waals surface area contributed by atoms with E-state index in [9.17, 15) is 27.6 Å². The molecule has 0 saturated carbocycles. The fourth-order valence-electron chi connectivity index (χ4n) is 3.32. The molecule has 33 heavy (non-hydrogen) atoms. The van der Waals surface area contributed by atoms with Gasteiger partial charge in [-0.05, 0) is 42.8 Å². The molecule has 1 aliphatic heterocycles. The van der Waals surface area contributed by atoms with E-state index in [4.69, 9.17) is 9.47 Å². The van der Waals surface area contributed by atoms with Crippen LogP contribution in [0.25, 0.3) is 0 Å². The van der Waals surface area contributed by atoms with Crippen LogP contribution in [-0.2, 0) is 25.3 Å². The molecule has 1 N–H and O–H groups in total. The highest BCUT2D eigenvalue weighted by Gasteiger charge is 2.37. The van der Waals surface area contributed by atoms with Gasteiger partial charge in [0.2, 0.25) is 11.8 Å². The highest BCUT2D eigenvalue weighted by molar-refractivity contribution is 6.00. The summed E-state index contributed by atoms with van der Waals surface area (Å²) in [6, 6.07) is 7.76. The normalized spacial score (nSPS) is 15.8. The van der Waals surface area contributed by atoms with Gasteiger partial charge in [0.1, 0.15) is 29.8 Å².